The summed E-state index contributed by atoms with van der Waals surface area (Å²) in [7, 11) is 3.17. The lowest BCUT2D eigenvalue weighted by Gasteiger charge is -2.11. The number of carbonyl (C=O) groups excluding carboxylic acids is 1. The fraction of sp³-hybridized carbons (Fsp3) is 0.190. The molecule has 0 fully saturated rings. The van der Waals surface area contributed by atoms with Crippen molar-refractivity contribution in [3.05, 3.63) is 82.2 Å². The molecule has 0 aliphatic carbocycles. The van der Waals surface area contributed by atoms with Crippen LogP contribution in [0.1, 0.15) is 21.7 Å². The predicted octanol–water partition coefficient (Wildman–Crippen LogP) is 1.51. The van der Waals surface area contributed by atoms with Gasteiger partial charge in [-0.05, 0) is 18.2 Å². The number of aryl methyl sites for hydroxylation is 1. The molecular weight excluding hydrogens is 384 g/mol. The minimum atomic E-state index is -0.340. The number of carbonyl (C=O) groups is 1. The lowest BCUT2D eigenvalue weighted by atomic mass is 10.1. The van der Waals surface area contributed by atoms with Gasteiger partial charge in [-0.15, -0.1) is 5.10 Å². The van der Waals surface area contributed by atoms with Gasteiger partial charge in [0.15, 0.2) is 0 Å². The highest BCUT2D eigenvalue weighted by Crippen LogP contribution is 2.16. The molecule has 0 atom stereocenters. The first-order valence-corrected chi connectivity index (χ1v) is 9.31. The number of hydrogen-bond acceptors (Lipinski definition) is 6. The molecule has 1 amide bonds. The van der Waals surface area contributed by atoms with E-state index >= 15 is 0 Å². The summed E-state index contributed by atoms with van der Waals surface area (Å²) in [5.74, 6) is -0.0961. The Bertz CT molecular complexity index is 1260. The second kappa shape index (κ2) is 8.16. The Morgan fingerprint density at radius 3 is 2.60 bits per heavy atom. The number of ether oxygens (including phenoxy) is 1. The molecule has 0 bridgehead atoms. The van der Waals surface area contributed by atoms with Crippen molar-refractivity contribution in [2.75, 3.05) is 7.11 Å². The normalized spacial score (nSPS) is 10.9. The van der Waals surface area contributed by atoms with Gasteiger partial charge in [0.05, 0.1) is 37.0 Å². The molecule has 1 aromatic carbocycles. The highest BCUT2D eigenvalue weighted by molar-refractivity contribution is 5.96. The standard InChI is InChI=1S/C21H20N6O3/c1-26-13-17(20(25-26)30-2)19(28)23-11-18-15-8-3-4-9-16(15)21(29)27(24-18)12-14-7-5-6-10-22-14/h3-10,13H,11-12H2,1-2H3,(H,23,28). The van der Waals surface area contributed by atoms with E-state index in [9.17, 15) is 9.59 Å². The third-order valence-electron chi connectivity index (χ3n) is 4.63. The molecule has 0 saturated carbocycles. The van der Waals surface area contributed by atoms with Crippen LogP contribution in [0.5, 0.6) is 5.88 Å². The third-order valence-corrected chi connectivity index (χ3v) is 4.63. The van der Waals surface area contributed by atoms with Crippen LogP contribution in [0.15, 0.2) is 59.7 Å². The summed E-state index contributed by atoms with van der Waals surface area (Å²) < 4.78 is 8.03. The van der Waals surface area contributed by atoms with E-state index in [4.69, 9.17) is 4.74 Å². The van der Waals surface area contributed by atoms with E-state index in [1.165, 1.54) is 16.5 Å². The van der Waals surface area contributed by atoms with Gasteiger partial charge in [-0.2, -0.15) is 5.10 Å². The van der Waals surface area contributed by atoms with E-state index in [1.54, 1.807) is 31.6 Å². The first-order chi connectivity index (χ1) is 14.6. The van der Waals surface area contributed by atoms with Crippen LogP contribution in [0, 0.1) is 0 Å². The number of hydrogen-bond donors (Lipinski definition) is 1. The minimum Gasteiger partial charge on any atom is -0.479 e. The zero-order chi connectivity index (χ0) is 21.1. The maximum atomic E-state index is 12.9. The van der Waals surface area contributed by atoms with Crippen LogP contribution in [-0.2, 0) is 20.1 Å². The number of methoxy groups -OCH3 is 1. The molecule has 0 spiro atoms. The fourth-order valence-corrected chi connectivity index (χ4v) is 3.22. The summed E-state index contributed by atoms with van der Waals surface area (Å²) in [5.41, 5.74) is 1.42. The summed E-state index contributed by atoms with van der Waals surface area (Å²) in [6.07, 6.45) is 3.26. The molecule has 152 valence electrons. The molecule has 4 aromatic rings. The zero-order valence-electron chi connectivity index (χ0n) is 16.6. The van der Waals surface area contributed by atoms with Gasteiger partial charge >= 0.3 is 0 Å². The van der Waals surface area contributed by atoms with E-state index in [1.807, 2.05) is 30.3 Å². The minimum absolute atomic E-state index is 0.139. The largest absolute Gasteiger partial charge is 0.479 e. The van der Waals surface area contributed by atoms with Gasteiger partial charge in [-0.1, -0.05) is 24.3 Å². The molecule has 0 aliphatic heterocycles. The molecular formula is C21H20N6O3. The Balaban J connectivity index is 1.67. The lowest BCUT2D eigenvalue weighted by molar-refractivity contribution is 0.0947. The zero-order valence-corrected chi connectivity index (χ0v) is 16.6. The Hall–Kier alpha value is -4.01. The smallest absolute Gasteiger partial charge is 0.275 e. The SMILES string of the molecule is COc1nn(C)cc1C(=O)NCc1nn(Cc2ccccn2)c(=O)c2ccccc12. The highest BCUT2D eigenvalue weighted by atomic mass is 16.5. The number of pyridine rings is 1. The Morgan fingerprint density at radius 1 is 1.10 bits per heavy atom. The van der Waals surface area contributed by atoms with E-state index in [0.717, 1.165) is 5.69 Å². The number of nitrogens with zero attached hydrogens (tertiary/aromatic N) is 5. The van der Waals surface area contributed by atoms with Crippen molar-refractivity contribution in [1.82, 2.24) is 29.9 Å². The van der Waals surface area contributed by atoms with Gasteiger partial charge in [0, 0.05) is 24.8 Å². The summed E-state index contributed by atoms with van der Waals surface area (Å²) >= 11 is 0. The van der Waals surface area contributed by atoms with Gasteiger partial charge < -0.3 is 10.1 Å². The average Bonchev–Trinajstić information content (AvgIpc) is 3.16. The van der Waals surface area contributed by atoms with Gasteiger partial charge in [-0.3, -0.25) is 19.3 Å². The Morgan fingerprint density at radius 2 is 1.87 bits per heavy atom. The summed E-state index contributed by atoms with van der Waals surface area (Å²) in [5, 5.41) is 12.7. The van der Waals surface area contributed by atoms with Gasteiger partial charge in [0.2, 0.25) is 5.88 Å². The molecule has 0 aliphatic rings. The second-order valence-corrected chi connectivity index (χ2v) is 6.68. The number of benzene rings is 1. The van der Waals surface area contributed by atoms with Crippen molar-refractivity contribution in [2.24, 2.45) is 7.05 Å². The number of aromatic nitrogens is 5. The molecule has 1 N–H and O–H groups in total. The monoisotopic (exact) mass is 404 g/mol. The number of fused-ring (bicyclic) bond motifs is 1. The Kier molecular flexibility index (Phi) is 5.25. The molecule has 9 heteroatoms. The molecule has 30 heavy (non-hydrogen) atoms. The maximum Gasteiger partial charge on any atom is 0.275 e. The van der Waals surface area contributed by atoms with Crippen LogP contribution >= 0.6 is 0 Å². The van der Waals surface area contributed by atoms with Crippen LogP contribution in [0.25, 0.3) is 10.8 Å². The fourth-order valence-electron chi connectivity index (χ4n) is 3.22. The van der Waals surface area contributed by atoms with Crippen molar-refractivity contribution in [3.8, 4) is 5.88 Å². The van der Waals surface area contributed by atoms with Crippen LogP contribution < -0.4 is 15.6 Å². The van der Waals surface area contributed by atoms with Gasteiger partial charge in [0.1, 0.15) is 5.56 Å². The van der Waals surface area contributed by atoms with Gasteiger partial charge in [0.25, 0.3) is 11.5 Å². The van der Waals surface area contributed by atoms with Crippen molar-refractivity contribution >= 4 is 16.7 Å². The number of nitrogens with one attached hydrogen (secondary N) is 1. The first-order valence-electron chi connectivity index (χ1n) is 9.31. The van der Waals surface area contributed by atoms with Crippen molar-refractivity contribution < 1.29 is 9.53 Å². The third kappa shape index (κ3) is 3.77. The number of rotatable bonds is 6. The van der Waals surface area contributed by atoms with Crippen molar-refractivity contribution in [1.29, 1.82) is 0 Å². The quantitative estimate of drug-likeness (QED) is 0.522. The molecule has 3 heterocycles. The molecule has 4 rings (SSSR count). The van der Waals surface area contributed by atoms with Crippen molar-refractivity contribution in [3.63, 3.8) is 0 Å². The lowest BCUT2D eigenvalue weighted by Crippen LogP contribution is -2.29. The highest BCUT2D eigenvalue weighted by Gasteiger charge is 2.17. The van der Waals surface area contributed by atoms with Crippen LogP contribution in [-0.4, -0.2) is 37.6 Å². The average molecular weight is 404 g/mol. The van der Waals surface area contributed by atoms with E-state index in [-0.39, 0.29) is 30.4 Å². The molecule has 0 radical (unpaired) electrons. The summed E-state index contributed by atoms with van der Waals surface area (Å²) in [4.78, 5) is 29.8. The molecule has 0 unspecified atom stereocenters. The first kappa shape index (κ1) is 19.3. The van der Waals surface area contributed by atoms with E-state index in [0.29, 0.717) is 22.0 Å². The van der Waals surface area contributed by atoms with Gasteiger partial charge in [-0.25, -0.2) is 4.68 Å². The topological polar surface area (TPSA) is 104 Å². The Labute approximate surface area is 171 Å². The predicted molar refractivity (Wildman–Crippen MR) is 110 cm³/mol. The summed E-state index contributed by atoms with van der Waals surface area (Å²) in [6, 6.07) is 12.7. The summed E-state index contributed by atoms with van der Waals surface area (Å²) in [6.45, 7) is 0.377. The van der Waals surface area contributed by atoms with E-state index in [2.05, 4.69) is 20.5 Å². The van der Waals surface area contributed by atoms with Crippen molar-refractivity contribution in [2.45, 2.75) is 13.1 Å². The number of amides is 1. The molecule has 0 saturated heterocycles. The molecule has 9 nitrogen and oxygen atoms in total. The van der Waals surface area contributed by atoms with Crippen LogP contribution in [0.3, 0.4) is 0 Å². The molecule has 3 aromatic heterocycles. The van der Waals surface area contributed by atoms with Crippen LogP contribution in [0.4, 0.5) is 0 Å². The van der Waals surface area contributed by atoms with Crippen LogP contribution in [0.2, 0.25) is 0 Å². The maximum absolute atomic E-state index is 12.9. The van der Waals surface area contributed by atoms with E-state index < -0.39 is 0 Å². The second-order valence-electron chi connectivity index (χ2n) is 6.68.